The lowest BCUT2D eigenvalue weighted by Crippen LogP contribution is -2.43. The van der Waals surface area contributed by atoms with Crippen LogP contribution in [-0.2, 0) is 11.3 Å². The van der Waals surface area contributed by atoms with Crippen molar-refractivity contribution in [2.75, 3.05) is 46.4 Å². The second kappa shape index (κ2) is 11.2. The summed E-state index contributed by atoms with van der Waals surface area (Å²) < 4.78 is 11.0. The van der Waals surface area contributed by atoms with Gasteiger partial charge in [0.25, 0.3) is 0 Å². The number of ether oxygens (including phenoxy) is 1. The number of likely N-dealkylation sites (tertiary alicyclic amines) is 1. The van der Waals surface area contributed by atoms with Crippen molar-refractivity contribution < 1.29 is 9.15 Å². The predicted molar refractivity (Wildman–Crippen MR) is 104 cm³/mol. The molecule has 0 atom stereocenters. The van der Waals surface area contributed by atoms with Gasteiger partial charge in [0.05, 0.1) is 12.2 Å². The van der Waals surface area contributed by atoms with Gasteiger partial charge < -0.3 is 19.8 Å². The normalized spacial score (nSPS) is 16.8. The van der Waals surface area contributed by atoms with Crippen molar-refractivity contribution in [1.82, 2.24) is 20.5 Å². The van der Waals surface area contributed by atoms with Gasteiger partial charge in [-0.25, -0.2) is 4.98 Å². The molecule has 26 heavy (non-hydrogen) atoms. The Labute approximate surface area is 157 Å². The van der Waals surface area contributed by atoms with E-state index in [0.29, 0.717) is 5.92 Å². The molecule has 0 aliphatic carbocycles. The molecule has 1 aromatic rings. The van der Waals surface area contributed by atoms with Crippen molar-refractivity contribution in [2.24, 2.45) is 10.9 Å². The van der Waals surface area contributed by atoms with Gasteiger partial charge in [-0.3, -0.25) is 9.89 Å². The van der Waals surface area contributed by atoms with Gasteiger partial charge in [-0.1, -0.05) is 0 Å². The van der Waals surface area contributed by atoms with Crippen molar-refractivity contribution >= 4 is 5.96 Å². The average molecular weight is 366 g/mol. The van der Waals surface area contributed by atoms with Crippen molar-refractivity contribution in [2.45, 2.75) is 46.6 Å². The number of hydrogen-bond acceptors (Lipinski definition) is 5. The molecule has 1 fully saturated rings. The quantitative estimate of drug-likeness (QED) is 0.397. The van der Waals surface area contributed by atoms with Crippen LogP contribution in [0.1, 0.15) is 43.5 Å². The van der Waals surface area contributed by atoms with Gasteiger partial charge in [0, 0.05) is 33.4 Å². The molecule has 148 valence electrons. The summed E-state index contributed by atoms with van der Waals surface area (Å²) in [5.41, 5.74) is 0.999. The number of aliphatic imine (C=N–C) groups is 1. The zero-order chi connectivity index (χ0) is 18.8. The Morgan fingerprint density at radius 1 is 1.31 bits per heavy atom. The van der Waals surface area contributed by atoms with Crippen LogP contribution < -0.4 is 10.6 Å². The number of aryl methyl sites for hydroxylation is 2. The van der Waals surface area contributed by atoms with Crippen molar-refractivity contribution in [3.63, 3.8) is 0 Å². The second-order valence-corrected chi connectivity index (χ2v) is 6.90. The lowest BCUT2D eigenvalue weighted by molar-refractivity contribution is 0.145. The number of rotatable bonds is 9. The number of piperidine rings is 1. The maximum Gasteiger partial charge on any atom is 0.208 e. The second-order valence-electron chi connectivity index (χ2n) is 6.90. The Morgan fingerprint density at radius 3 is 2.69 bits per heavy atom. The van der Waals surface area contributed by atoms with E-state index in [-0.39, 0.29) is 0 Å². The lowest BCUT2D eigenvalue weighted by Gasteiger charge is -2.31. The average Bonchev–Trinajstić information content (AvgIpc) is 2.96. The van der Waals surface area contributed by atoms with E-state index in [4.69, 9.17) is 9.15 Å². The minimum Gasteiger partial charge on any atom is -0.444 e. The highest BCUT2D eigenvalue weighted by Gasteiger charge is 2.21. The maximum atomic E-state index is 5.70. The van der Waals surface area contributed by atoms with Crippen LogP contribution in [0, 0.1) is 19.8 Å². The predicted octanol–water partition coefficient (Wildman–Crippen LogP) is 2.10. The van der Waals surface area contributed by atoms with Gasteiger partial charge in [0.1, 0.15) is 5.76 Å². The summed E-state index contributed by atoms with van der Waals surface area (Å²) in [6.45, 7) is 12.4. The molecule has 2 heterocycles. The van der Waals surface area contributed by atoms with E-state index in [1.54, 1.807) is 0 Å². The first-order valence-corrected chi connectivity index (χ1v) is 9.79. The van der Waals surface area contributed by atoms with Crippen LogP contribution in [-0.4, -0.2) is 62.3 Å². The van der Waals surface area contributed by atoms with Crippen LogP contribution in [0.25, 0.3) is 0 Å². The third-order valence-corrected chi connectivity index (χ3v) is 4.88. The number of aromatic nitrogens is 1. The summed E-state index contributed by atoms with van der Waals surface area (Å²) in [6, 6.07) is 0. The molecule has 0 unspecified atom stereocenters. The molecule has 0 bridgehead atoms. The summed E-state index contributed by atoms with van der Waals surface area (Å²) in [5.74, 6) is 3.34. The molecule has 0 saturated carbocycles. The Bertz CT molecular complexity index is 531. The SMILES string of the molecule is CCOCCCNC(=NC)NCC1CCN(Cc2nc(C)c(C)o2)CC1. The molecular weight excluding hydrogens is 330 g/mol. The van der Waals surface area contributed by atoms with Crippen LogP contribution in [0.15, 0.2) is 9.41 Å². The van der Waals surface area contributed by atoms with Crippen LogP contribution in [0.2, 0.25) is 0 Å². The summed E-state index contributed by atoms with van der Waals surface area (Å²) in [4.78, 5) is 11.2. The van der Waals surface area contributed by atoms with E-state index < -0.39 is 0 Å². The van der Waals surface area contributed by atoms with Crippen LogP contribution in [0.3, 0.4) is 0 Å². The first-order chi connectivity index (χ1) is 12.6. The highest BCUT2D eigenvalue weighted by atomic mass is 16.5. The third kappa shape index (κ3) is 6.96. The van der Waals surface area contributed by atoms with E-state index in [1.165, 1.54) is 12.8 Å². The first kappa shape index (κ1) is 20.7. The largest absolute Gasteiger partial charge is 0.444 e. The molecule has 0 radical (unpaired) electrons. The highest BCUT2D eigenvalue weighted by molar-refractivity contribution is 5.79. The zero-order valence-electron chi connectivity index (χ0n) is 16.8. The molecule has 1 aromatic heterocycles. The fourth-order valence-corrected chi connectivity index (χ4v) is 3.13. The minimum atomic E-state index is 0.682. The van der Waals surface area contributed by atoms with Gasteiger partial charge in [0.15, 0.2) is 5.96 Å². The minimum absolute atomic E-state index is 0.682. The lowest BCUT2D eigenvalue weighted by atomic mass is 9.97. The highest BCUT2D eigenvalue weighted by Crippen LogP contribution is 2.19. The topological polar surface area (TPSA) is 74.9 Å². The van der Waals surface area contributed by atoms with E-state index >= 15 is 0 Å². The van der Waals surface area contributed by atoms with Gasteiger partial charge in [-0.2, -0.15) is 0 Å². The van der Waals surface area contributed by atoms with E-state index in [0.717, 1.165) is 75.7 Å². The van der Waals surface area contributed by atoms with Gasteiger partial charge in [-0.05, 0) is 59.0 Å². The Kier molecular flexibility index (Phi) is 8.91. The molecule has 7 nitrogen and oxygen atoms in total. The third-order valence-electron chi connectivity index (χ3n) is 4.88. The van der Waals surface area contributed by atoms with Gasteiger partial charge in [-0.15, -0.1) is 0 Å². The van der Waals surface area contributed by atoms with Crippen LogP contribution >= 0.6 is 0 Å². The number of nitrogens with zero attached hydrogens (tertiary/aromatic N) is 3. The van der Waals surface area contributed by atoms with Gasteiger partial charge >= 0.3 is 0 Å². The van der Waals surface area contributed by atoms with Crippen LogP contribution in [0.5, 0.6) is 0 Å². The van der Waals surface area contributed by atoms with Gasteiger partial charge in [0.2, 0.25) is 5.89 Å². The monoisotopic (exact) mass is 365 g/mol. The summed E-state index contributed by atoms with van der Waals surface area (Å²) in [6.07, 6.45) is 3.37. The number of oxazole rings is 1. The van der Waals surface area contributed by atoms with Crippen molar-refractivity contribution in [3.8, 4) is 0 Å². The molecule has 0 amide bonds. The standard InChI is InChI=1S/C19H35N5O2/c1-5-25-12-6-9-21-19(20-4)22-13-17-7-10-24(11-8-17)14-18-23-15(2)16(3)26-18/h17H,5-14H2,1-4H3,(H2,20,21,22). The Balaban J connectivity index is 1.61. The molecule has 1 aliphatic heterocycles. The van der Waals surface area contributed by atoms with E-state index in [1.807, 2.05) is 27.8 Å². The molecule has 7 heteroatoms. The smallest absolute Gasteiger partial charge is 0.208 e. The Morgan fingerprint density at radius 2 is 2.08 bits per heavy atom. The first-order valence-electron chi connectivity index (χ1n) is 9.79. The molecular formula is C19H35N5O2. The number of hydrogen-bond donors (Lipinski definition) is 2. The van der Waals surface area contributed by atoms with Crippen LogP contribution in [0.4, 0.5) is 0 Å². The molecule has 0 aromatic carbocycles. The molecule has 0 spiro atoms. The number of guanidine groups is 1. The fraction of sp³-hybridized carbons (Fsp3) is 0.789. The summed E-state index contributed by atoms with van der Waals surface area (Å²) in [7, 11) is 1.82. The van der Waals surface area contributed by atoms with E-state index in [2.05, 4.69) is 25.5 Å². The molecule has 2 N–H and O–H groups in total. The Hall–Kier alpha value is -1.60. The summed E-state index contributed by atoms with van der Waals surface area (Å²) >= 11 is 0. The molecule has 2 rings (SSSR count). The maximum absolute atomic E-state index is 5.70. The zero-order valence-corrected chi connectivity index (χ0v) is 16.8. The van der Waals surface area contributed by atoms with E-state index in [9.17, 15) is 0 Å². The fourth-order valence-electron chi connectivity index (χ4n) is 3.13. The molecule has 1 saturated heterocycles. The van der Waals surface area contributed by atoms with Crippen molar-refractivity contribution in [3.05, 3.63) is 17.3 Å². The van der Waals surface area contributed by atoms with Crippen molar-refractivity contribution in [1.29, 1.82) is 0 Å². The number of nitrogens with one attached hydrogen (secondary N) is 2. The molecule has 1 aliphatic rings. The summed E-state index contributed by atoms with van der Waals surface area (Å²) in [5, 5.41) is 6.80.